The average Bonchev–Trinajstić information content (AvgIpc) is 2.72. The summed E-state index contributed by atoms with van der Waals surface area (Å²) in [6.45, 7) is 3.27. The highest BCUT2D eigenvalue weighted by Crippen LogP contribution is 2.26. The molecule has 4 nitrogen and oxygen atoms in total. The summed E-state index contributed by atoms with van der Waals surface area (Å²) in [5.74, 6) is 0.670. The van der Waals surface area contributed by atoms with Gasteiger partial charge < -0.3 is 15.0 Å². The fourth-order valence-electron chi connectivity index (χ4n) is 3.05. The van der Waals surface area contributed by atoms with Crippen LogP contribution in [0.4, 0.5) is 5.69 Å². The third-order valence-electron chi connectivity index (χ3n) is 4.63. The quantitative estimate of drug-likeness (QED) is 0.651. The smallest absolute Gasteiger partial charge is 0.261 e. The summed E-state index contributed by atoms with van der Waals surface area (Å²) in [6, 6.07) is 24.1. The Balaban J connectivity index is 1.58. The molecule has 4 heteroatoms. The van der Waals surface area contributed by atoms with E-state index in [0.717, 1.165) is 28.8 Å². The molecule has 0 radical (unpaired) electrons. The number of carbonyl (C=O) groups is 1. The van der Waals surface area contributed by atoms with Crippen molar-refractivity contribution in [2.45, 2.75) is 19.4 Å². The zero-order valence-corrected chi connectivity index (χ0v) is 15.9. The Kier molecular flexibility index (Phi) is 6.31. The molecular formula is C23H26N2O2. The van der Waals surface area contributed by atoms with Crippen LogP contribution in [0.5, 0.6) is 5.75 Å². The van der Waals surface area contributed by atoms with Crippen molar-refractivity contribution in [3.63, 3.8) is 0 Å². The Hall–Kier alpha value is -3.01. The number of benzene rings is 3. The van der Waals surface area contributed by atoms with Gasteiger partial charge in [-0.15, -0.1) is 0 Å². The molecule has 3 aromatic rings. The normalized spacial score (nSPS) is 11.8. The first-order chi connectivity index (χ1) is 13.2. The fraction of sp³-hybridized carbons (Fsp3) is 0.261. The summed E-state index contributed by atoms with van der Waals surface area (Å²) >= 11 is 0. The zero-order chi connectivity index (χ0) is 19.1. The lowest BCUT2D eigenvalue weighted by molar-refractivity contribution is -0.128. The van der Waals surface area contributed by atoms with E-state index in [1.165, 1.54) is 0 Å². The van der Waals surface area contributed by atoms with Crippen molar-refractivity contribution in [2.75, 3.05) is 25.0 Å². The highest BCUT2D eigenvalue weighted by molar-refractivity contribution is 5.89. The highest BCUT2D eigenvalue weighted by atomic mass is 16.5. The first-order valence-electron chi connectivity index (χ1n) is 9.37. The molecule has 1 unspecified atom stereocenters. The largest absolute Gasteiger partial charge is 0.480 e. The molecule has 3 rings (SSSR count). The number of para-hydroxylation sites is 1. The molecule has 0 saturated carbocycles. The van der Waals surface area contributed by atoms with Crippen LogP contribution in [0.1, 0.15) is 13.3 Å². The van der Waals surface area contributed by atoms with Crippen molar-refractivity contribution in [2.24, 2.45) is 0 Å². The monoisotopic (exact) mass is 362 g/mol. The maximum atomic E-state index is 12.6. The third-order valence-corrected chi connectivity index (χ3v) is 4.63. The Morgan fingerprint density at radius 1 is 1.00 bits per heavy atom. The molecular weight excluding hydrogens is 336 g/mol. The van der Waals surface area contributed by atoms with Crippen molar-refractivity contribution in [1.82, 2.24) is 5.32 Å². The zero-order valence-electron chi connectivity index (χ0n) is 15.9. The minimum absolute atomic E-state index is 0.0769. The molecule has 0 spiro atoms. The van der Waals surface area contributed by atoms with E-state index in [4.69, 9.17) is 4.74 Å². The molecule has 140 valence electrons. The summed E-state index contributed by atoms with van der Waals surface area (Å²) in [4.78, 5) is 14.7. The fourth-order valence-corrected chi connectivity index (χ4v) is 3.05. The Labute approximate surface area is 160 Å². The van der Waals surface area contributed by atoms with E-state index in [0.29, 0.717) is 13.0 Å². The van der Waals surface area contributed by atoms with Crippen molar-refractivity contribution >= 4 is 22.4 Å². The van der Waals surface area contributed by atoms with Crippen LogP contribution >= 0.6 is 0 Å². The standard InChI is InChI=1S/C23H26N2O2/c1-3-21(27-22-15-9-11-18-10-7-8-14-20(18)22)23(26)24-16-17-25(2)19-12-5-4-6-13-19/h4-15,21H,3,16-17H2,1-2H3,(H,24,26). The van der Waals surface area contributed by atoms with Gasteiger partial charge in [-0.1, -0.05) is 61.5 Å². The van der Waals surface area contributed by atoms with Gasteiger partial charge in [0.15, 0.2) is 6.10 Å². The van der Waals surface area contributed by atoms with Crippen molar-refractivity contribution in [3.05, 3.63) is 72.8 Å². The number of nitrogens with zero attached hydrogens (tertiary/aromatic N) is 1. The van der Waals surface area contributed by atoms with Gasteiger partial charge in [-0.05, 0) is 30.0 Å². The van der Waals surface area contributed by atoms with Gasteiger partial charge in [0.1, 0.15) is 5.75 Å². The predicted octanol–water partition coefficient (Wildman–Crippen LogP) is 4.25. The number of carbonyl (C=O) groups excluding carboxylic acids is 1. The molecule has 0 aliphatic rings. The minimum atomic E-state index is -0.502. The van der Waals surface area contributed by atoms with Crippen LogP contribution in [0.3, 0.4) is 0 Å². The van der Waals surface area contributed by atoms with Crippen LogP contribution in [0.2, 0.25) is 0 Å². The number of amides is 1. The lowest BCUT2D eigenvalue weighted by atomic mass is 10.1. The van der Waals surface area contributed by atoms with Gasteiger partial charge in [0.25, 0.3) is 5.91 Å². The summed E-state index contributed by atoms with van der Waals surface area (Å²) in [5, 5.41) is 5.13. The van der Waals surface area contributed by atoms with Crippen molar-refractivity contribution in [3.8, 4) is 5.75 Å². The molecule has 0 aliphatic carbocycles. The first kappa shape index (κ1) is 18.8. The second-order valence-corrected chi connectivity index (χ2v) is 6.54. The second-order valence-electron chi connectivity index (χ2n) is 6.54. The van der Waals surface area contributed by atoms with Crippen LogP contribution in [0.25, 0.3) is 10.8 Å². The maximum Gasteiger partial charge on any atom is 0.261 e. The van der Waals surface area contributed by atoms with Gasteiger partial charge in [-0.25, -0.2) is 0 Å². The van der Waals surface area contributed by atoms with E-state index in [9.17, 15) is 4.79 Å². The predicted molar refractivity (Wildman–Crippen MR) is 111 cm³/mol. The number of likely N-dealkylation sites (N-methyl/N-ethyl adjacent to an activating group) is 1. The molecule has 0 aromatic heterocycles. The molecule has 1 atom stereocenters. The molecule has 0 bridgehead atoms. The highest BCUT2D eigenvalue weighted by Gasteiger charge is 2.19. The van der Waals surface area contributed by atoms with E-state index in [2.05, 4.69) is 22.3 Å². The summed E-state index contributed by atoms with van der Waals surface area (Å²) in [6.07, 6.45) is 0.113. The van der Waals surface area contributed by atoms with Gasteiger partial charge in [-0.3, -0.25) is 4.79 Å². The molecule has 0 aliphatic heterocycles. The molecule has 1 N–H and O–H groups in total. The van der Waals surface area contributed by atoms with Crippen LogP contribution < -0.4 is 15.0 Å². The molecule has 0 fully saturated rings. The van der Waals surface area contributed by atoms with Gasteiger partial charge in [0.2, 0.25) is 0 Å². The number of anilines is 1. The number of rotatable bonds is 8. The molecule has 0 saturated heterocycles. The Bertz CT molecular complexity index is 874. The second kappa shape index (κ2) is 9.08. The molecule has 3 aromatic carbocycles. The molecule has 0 heterocycles. The van der Waals surface area contributed by atoms with Crippen molar-refractivity contribution in [1.29, 1.82) is 0 Å². The number of nitrogens with one attached hydrogen (secondary N) is 1. The number of ether oxygens (including phenoxy) is 1. The average molecular weight is 362 g/mol. The van der Waals surface area contributed by atoms with E-state index in [1.807, 2.05) is 74.6 Å². The van der Waals surface area contributed by atoms with E-state index in [1.54, 1.807) is 0 Å². The van der Waals surface area contributed by atoms with E-state index < -0.39 is 6.10 Å². The van der Waals surface area contributed by atoms with Crippen LogP contribution in [-0.4, -0.2) is 32.1 Å². The van der Waals surface area contributed by atoms with Crippen molar-refractivity contribution < 1.29 is 9.53 Å². The Morgan fingerprint density at radius 2 is 1.70 bits per heavy atom. The number of hydrogen-bond acceptors (Lipinski definition) is 3. The van der Waals surface area contributed by atoms with Crippen LogP contribution in [0, 0.1) is 0 Å². The lowest BCUT2D eigenvalue weighted by Crippen LogP contribution is -2.41. The molecule has 1 amide bonds. The van der Waals surface area contributed by atoms with Gasteiger partial charge in [0, 0.05) is 31.2 Å². The number of hydrogen-bond donors (Lipinski definition) is 1. The van der Waals surface area contributed by atoms with Crippen LogP contribution in [-0.2, 0) is 4.79 Å². The third kappa shape index (κ3) is 4.79. The minimum Gasteiger partial charge on any atom is -0.480 e. The Morgan fingerprint density at radius 3 is 2.48 bits per heavy atom. The lowest BCUT2D eigenvalue weighted by Gasteiger charge is -2.21. The van der Waals surface area contributed by atoms with E-state index in [-0.39, 0.29) is 5.91 Å². The summed E-state index contributed by atoms with van der Waals surface area (Å²) < 4.78 is 6.06. The van der Waals surface area contributed by atoms with Gasteiger partial charge >= 0.3 is 0 Å². The first-order valence-corrected chi connectivity index (χ1v) is 9.37. The molecule has 27 heavy (non-hydrogen) atoms. The topological polar surface area (TPSA) is 41.6 Å². The summed E-state index contributed by atoms with van der Waals surface area (Å²) in [7, 11) is 2.02. The summed E-state index contributed by atoms with van der Waals surface area (Å²) in [5.41, 5.74) is 1.13. The van der Waals surface area contributed by atoms with Crippen LogP contribution in [0.15, 0.2) is 72.8 Å². The maximum absolute atomic E-state index is 12.6. The van der Waals surface area contributed by atoms with E-state index >= 15 is 0 Å². The SMILES string of the molecule is CCC(Oc1cccc2ccccc12)C(=O)NCCN(C)c1ccccc1. The van der Waals surface area contributed by atoms with Gasteiger partial charge in [0.05, 0.1) is 0 Å². The number of fused-ring (bicyclic) bond motifs is 1. The van der Waals surface area contributed by atoms with Gasteiger partial charge in [-0.2, -0.15) is 0 Å².